The van der Waals surface area contributed by atoms with Gasteiger partial charge in [0.2, 0.25) is 11.7 Å². The van der Waals surface area contributed by atoms with Crippen molar-refractivity contribution in [2.45, 2.75) is 42.9 Å². The molecule has 3 aromatic rings. The van der Waals surface area contributed by atoms with E-state index in [4.69, 9.17) is 28.9 Å². The molecule has 3 saturated heterocycles. The minimum absolute atomic E-state index is 0.0823. The number of carbonyl (C=O) groups is 1. The van der Waals surface area contributed by atoms with Gasteiger partial charge in [0.1, 0.15) is 11.7 Å². The second-order valence-electron chi connectivity index (χ2n) is 10.4. The molecular formula is C27H27Cl2N4OS2+3. The maximum absolute atomic E-state index is 13.7. The Morgan fingerprint density at radius 3 is 2.69 bits per heavy atom. The summed E-state index contributed by atoms with van der Waals surface area (Å²) in [4.78, 5) is 14.9. The van der Waals surface area contributed by atoms with E-state index < -0.39 is 5.66 Å². The van der Waals surface area contributed by atoms with Crippen molar-refractivity contribution in [2.75, 3.05) is 13.1 Å². The van der Waals surface area contributed by atoms with Gasteiger partial charge in [0.05, 0.1) is 17.9 Å². The number of carbonyl (C=O) groups excluding carboxylic acids is 1. The average molecular weight is 559 g/mol. The number of amides is 1. The van der Waals surface area contributed by atoms with Crippen LogP contribution in [0.2, 0.25) is 10.0 Å². The molecule has 0 radical (unpaired) electrons. The first-order valence-corrected chi connectivity index (χ1v) is 14.7. The first-order valence-electron chi connectivity index (χ1n) is 12.3. The summed E-state index contributed by atoms with van der Waals surface area (Å²) in [6, 6.07) is 12.2. The molecule has 3 fully saturated rings. The van der Waals surface area contributed by atoms with Gasteiger partial charge >= 0.3 is 11.6 Å². The zero-order valence-corrected chi connectivity index (χ0v) is 23.3. The Hall–Kier alpha value is -1.71. The second kappa shape index (κ2) is 7.67. The summed E-state index contributed by atoms with van der Waals surface area (Å²) in [7, 11) is 2.08. The Morgan fingerprint density at radius 2 is 1.94 bits per heavy atom. The van der Waals surface area contributed by atoms with Crippen LogP contribution in [-0.2, 0) is 11.8 Å². The maximum Gasteiger partial charge on any atom is 0.443 e. The van der Waals surface area contributed by atoms with Crippen molar-refractivity contribution in [3.8, 4) is 0 Å². The predicted molar refractivity (Wildman–Crippen MR) is 148 cm³/mol. The van der Waals surface area contributed by atoms with Crippen LogP contribution in [0.15, 0.2) is 58.0 Å². The number of quaternary nitrogens is 2. The summed E-state index contributed by atoms with van der Waals surface area (Å²) in [5.41, 5.74) is 9.37. The first kappa shape index (κ1) is 23.4. The topological polar surface area (TPSA) is 47.0 Å². The van der Waals surface area contributed by atoms with Crippen LogP contribution in [0.4, 0.5) is 5.69 Å². The lowest BCUT2D eigenvalue weighted by molar-refractivity contribution is -0.683. The largest absolute Gasteiger partial charge is 0.443 e. The van der Waals surface area contributed by atoms with Gasteiger partial charge in [-0.15, -0.1) is 0 Å². The molecule has 4 aliphatic rings. The molecule has 1 amide bonds. The van der Waals surface area contributed by atoms with Gasteiger partial charge in [-0.2, -0.15) is 13.5 Å². The third kappa shape index (κ3) is 2.80. The summed E-state index contributed by atoms with van der Waals surface area (Å²) >= 11 is 16.3. The number of nitrogens with two attached hydrogens (primary N) is 1. The summed E-state index contributed by atoms with van der Waals surface area (Å²) in [5, 5.41) is 3.82. The Balaban J connectivity index is 1.39. The quantitative estimate of drug-likeness (QED) is 0.241. The van der Waals surface area contributed by atoms with Crippen molar-refractivity contribution in [1.29, 1.82) is 0 Å². The van der Waals surface area contributed by atoms with E-state index in [2.05, 4.69) is 48.9 Å². The average Bonchev–Trinajstić information content (AvgIpc) is 3.56. The highest BCUT2D eigenvalue weighted by molar-refractivity contribution is 8.03. The fourth-order valence-corrected chi connectivity index (χ4v) is 9.74. The number of thioether (sulfide) groups is 1. The van der Waals surface area contributed by atoms with Crippen LogP contribution in [0.1, 0.15) is 31.2 Å². The van der Waals surface area contributed by atoms with Gasteiger partial charge in [0.25, 0.3) is 5.01 Å². The van der Waals surface area contributed by atoms with Crippen LogP contribution in [-0.4, -0.2) is 35.3 Å². The summed E-state index contributed by atoms with van der Waals surface area (Å²) in [6.45, 7) is 3.80. The van der Waals surface area contributed by atoms with Crippen molar-refractivity contribution in [2.24, 2.45) is 12.8 Å². The molecule has 5 nitrogen and oxygen atoms in total. The molecule has 9 heteroatoms. The minimum atomic E-state index is -0.508. The van der Waals surface area contributed by atoms with E-state index >= 15 is 0 Å². The second-order valence-corrected chi connectivity index (χ2v) is 13.4. The molecule has 4 atom stereocenters. The molecule has 2 N–H and O–H groups in total. The SMILES string of the molecule is CC(=Cc1sc2ccc(Cl)cc2[n+]1C)C=C1Sc2ccc(Cl)cc2[N+]12CCCCC21C(=O)[N+]12CC2N. The highest BCUT2D eigenvalue weighted by Crippen LogP contribution is 2.70. The lowest BCUT2D eigenvalue weighted by atomic mass is 9.96. The monoisotopic (exact) mass is 557 g/mol. The number of aryl methyl sites for hydroxylation is 1. The van der Waals surface area contributed by atoms with Gasteiger partial charge in [-0.25, -0.2) is 4.79 Å². The van der Waals surface area contributed by atoms with Crippen molar-refractivity contribution in [3.63, 3.8) is 0 Å². The minimum Gasteiger partial charge on any atom is -0.276 e. The first-order chi connectivity index (χ1) is 17.2. The smallest absolute Gasteiger partial charge is 0.276 e. The molecule has 7 rings (SSSR count). The maximum atomic E-state index is 13.7. The molecule has 2 aromatic carbocycles. The molecule has 184 valence electrons. The molecule has 4 aliphatic heterocycles. The Bertz CT molecular complexity index is 1560. The lowest BCUT2D eigenvalue weighted by Gasteiger charge is -2.40. The van der Waals surface area contributed by atoms with Crippen LogP contribution in [0.25, 0.3) is 16.3 Å². The van der Waals surface area contributed by atoms with Gasteiger partial charge in [0, 0.05) is 34.3 Å². The Morgan fingerprint density at radius 1 is 1.19 bits per heavy atom. The molecule has 3 spiro atoms. The molecule has 4 unspecified atom stereocenters. The van der Waals surface area contributed by atoms with E-state index in [9.17, 15) is 4.79 Å². The van der Waals surface area contributed by atoms with Crippen LogP contribution in [0.5, 0.6) is 0 Å². The Kier molecular flexibility index (Phi) is 4.98. The predicted octanol–water partition coefficient (Wildman–Crippen LogP) is 5.93. The number of nitrogens with zero attached hydrogens (tertiary/aromatic N) is 3. The zero-order chi connectivity index (χ0) is 25.0. The third-order valence-electron chi connectivity index (χ3n) is 8.58. The van der Waals surface area contributed by atoms with E-state index in [1.165, 1.54) is 14.6 Å². The zero-order valence-electron chi connectivity index (χ0n) is 20.1. The van der Waals surface area contributed by atoms with Crippen LogP contribution >= 0.6 is 46.3 Å². The highest BCUT2D eigenvalue weighted by atomic mass is 35.5. The highest BCUT2D eigenvalue weighted by Gasteiger charge is 3.02. The summed E-state index contributed by atoms with van der Waals surface area (Å²) in [5.74, 6) is 0.309. The van der Waals surface area contributed by atoms with Gasteiger partial charge < -0.3 is 0 Å². The van der Waals surface area contributed by atoms with Gasteiger partial charge in [-0.1, -0.05) is 34.5 Å². The molecule has 36 heavy (non-hydrogen) atoms. The fraction of sp³-hybridized carbons (Fsp3) is 0.333. The van der Waals surface area contributed by atoms with Crippen molar-refractivity contribution in [3.05, 3.63) is 68.1 Å². The van der Waals surface area contributed by atoms with Gasteiger partial charge in [-0.3, -0.25) is 5.73 Å². The number of thiazole rings is 1. The number of rotatable bonds is 2. The number of hydrogen-bond acceptors (Lipinski definition) is 4. The number of fused-ring (bicyclic) bond motifs is 5. The van der Waals surface area contributed by atoms with Gasteiger partial charge in [0.15, 0.2) is 17.3 Å². The lowest BCUT2D eigenvalue weighted by Crippen LogP contribution is -2.62. The van der Waals surface area contributed by atoms with Crippen molar-refractivity contribution >= 4 is 74.2 Å². The van der Waals surface area contributed by atoms with Crippen molar-refractivity contribution < 1.29 is 13.8 Å². The number of benzene rings is 2. The normalized spacial score (nSPS) is 33.9. The summed E-state index contributed by atoms with van der Waals surface area (Å²) in [6.07, 6.45) is 7.45. The number of piperidine rings is 1. The number of allylic oxidation sites excluding steroid dienone is 2. The molecular weight excluding hydrogens is 531 g/mol. The molecule has 0 saturated carbocycles. The van der Waals surface area contributed by atoms with Crippen LogP contribution < -0.4 is 14.8 Å². The van der Waals surface area contributed by atoms with E-state index in [-0.39, 0.29) is 6.17 Å². The van der Waals surface area contributed by atoms with E-state index in [1.54, 1.807) is 23.1 Å². The van der Waals surface area contributed by atoms with Crippen LogP contribution in [0, 0.1) is 0 Å². The van der Waals surface area contributed by atoms with Crippen molar-refractivity contribution in [1.82, 2.24) is 4.48 Å². The number of hydrogen-bond donors (Lipinski definition) is 1. The van der Waals surface area contributed by atoms with E-state index in [0.717, 1.165) is 59.2 Å². The third-order valence-corrected chi connectivity index (χ3v) is 11.4. The molecule has 0 aliphatic carbocycles. The summed E-state index contributed by atoms with van der Waals surface area (Å²) < 4.78 is 4.40. The number of halogens is 2. The van der Waals surface area contributed by atoms with E-state index in [1.807, 2.05) is 18.2 Å². The molecule has 0 bridgehead atoms. The Labute approximate surface area is 228 Å². The van der Waals surface area contributed by atoms with E-state index in [0.29, 0.717) is 19.9 Å². The fourth-order valence-electron chi connectivity index (χ4n) is 6.84. The van der Waals surface area contributed by atoms with Crippen LogP contribution in [0.3, 0.4) is 0 Å². The molecule has 1 aromatic heterocycles. The standard InChI is InChI=1S/C27H27Cl2N4OS2/c1-16(11-24-31(2)19-13-17(28)5-7-21(19)35-24)12-25-32(20-14-18(29)6-8-22(20)36-25)10-4-3-9-27(32)26(34)33(27)15-23(33)30/h5-8,11-14,23H,3-4,9-10,15,30H2,1-2H3/q+3. The van der Waals surface area contributed by atoms with Gasteiger partial charge in [-0.05, 0) is 61.4 Å². The number of aromatic nitrogens is 1. The molecule has 5 heterocycles.